The molecule has 1 aromatic rings. The van der Waals surface area contributed by atoms with Gasteiger partial charge >= 0.3 is 6.03 Å². The minimum absolute atomic E-state index is 0.283. The van der Waals surface area contributed by atoms with Crippen molar-refractivity contribution >= 4 is 23.7 Å². The van der Waals surface area contributed by atoms with Gasteiger partial charge in [0.1, 0.15) is 17.9 Å². The number of anilines is 1. The second-order valence-electron chi connectivity index (χ2n) is 6.18. The van der Waals surface area contributed by atoms with E-state index in [2.05, 4.69) is 15.6 Å². The van der Waals surface area contributed by atoms with Crippen molar-refractivity contribution in [2.75, 3.05) is 11.9 Å². The van der Waals surface area contributed by atoms with Crippen LogP contribution in [0.1, 0.15) is 37.8 Å². The van der Waals surface area contributed by atoms with E-state index in [-0.39, 0.29) is 12.5 Å². The number of nitrogens with zero attached hydrogens (tertiary/aromatic N) is 2. The second kappa shape index (κ2) is 5.98. The monoisotopic (exact) mass is 316 g/mol. The fourth-order valence-electron chi connectivity index (χ4n) is 3.25. The summed E-state index contributed by atoms with van der Waals surface area (Å²) in [6, 6.07) is 4.78. The molecular weight excluding hydrogens is 296 g/mol. The number of aryl methyl sites for hydroxylation is 1. The first-order valence-electron chi connectivity index (χ1n) is 7.88. The number of amides is 4. The van der Waals surface area contributed by atoms with Gasteiger partial charge in [-0.05, 0) is 31.9 Å². The maximum atomic E-state index is 12.6. The van der Waals surface area contributed by atoms with E-state index in [1.165, 1.54) is 0 Å². The zero-order valence-electron chi connectivity index (χ0n) is 13.1. The average Bonchev–Trinajstić information content (AvgIpc) is 2.72. The molecule has 0 aromatic carbocycles. The highest BCUT2D eigenvalue weighted by molar-refractivity contribution is 6.10. The number of nitrogens with one attached hydrogen (secondary N) is 2. The van der Waals surface area contributed by atoms with Crippen LogP contribution in [0, 0.1) is 6.92 Å². The zero-order valence-corrected chi connectivity index (χ0v) is 13.1. The van der Waals surface area contributed by atoms with Crippen LogP contribution < -0.4 is 10.6 Å². The Hall–Kier alpha value is -2.44. The van der Waals surface area contributed by atoms with Crippen LogP contribution in [0.25, 0.3) is 0 Å². The van der Waals surface area contributed by atoms with Crippen LogP contribution in [-0.2, 0) is 9.59 Å². The maximum Gasteiger partial charge on any atom is 0.325 e. The predicted octanol–water partition coefficient (Wildman–Crippen LogP) is 1.58. The number of pyridine rings is 1. The number of carbonyl (C=O) groups is 3. The number of rotatable bonds is 3. The van der Waals surface area contributed by atoms with Gasteiger partial charge in [-0.25, -0.2) is 9.78 Å². The molecule has 0 unspecified atom stereocenters. The van der Waals surface area contributed by atoms with E-state index in [0.717, 1.165) is 29.9 Å². The molecule has 7 nitrogen and oxygen atoms in total. The summed E-state index contributed by atoms with van der Waals surface area (Å²) in [4.78, 5) is 42.0. The van der Waals surface area contributed by atoms with Crippen molar-refractivity contribution < 1.29 is 14.4 Å². The number of hydrogen-bond acceptors (Lipinski definition) is 4. The number of hydrogen-bond donors (Lipinski definition) is 2. The van der Waals surface area contributed by atoms with Crippen LogP contribution >= 0.6 is 0 Å². The number of carbonyl (C=O) groups excluding carboxylic acids is 3. The summed E-state index contributed by atoms with van der Waals surface area (Å²) in [7, 11) is 0. The smallest absolute Gasteiger partial charge is 0.323 e. The van der Waals surface area contributed by atoms with E-state index in [4.69, 9.17) is 0 Å². The first-order chi connectivity index (χ1) is 11.0. The first kappa shape index (κ1) is 15.5. The van der Waals surface area contributed by atoms with Gasteiger partial charge in [0, 0.05) is 5.69 Å². The van der Waals surface area contributed by atoms with E-state index in [9.17, 15) is 14.4 Å². The van der Waals surface area contributed by atoms with Crippen molar-refractivity contribution in [3.8, 4) is 0 Å². The molecule has 23 heavy (non-hydrogen) atoms. The summed E-state index contributed by atoms with van der Waals surface area (Å²) in [5, 5.41) is 5.41. The molecule has 2 aliphatic rings. The van der Waals surface area contributed by atoms with Crippen molar-refractivity contribution in [1.29, 1.82) is 0 Å². The zero-order chi connectivity index (χ0) is 16.4. The Balaban J connectivity index is 1.66. The first-order valence-corrected chi connectivity index (χ1v) is 7.88. The van der Waals surface area contributed by atoms with Gasteiger partial charge in [0.15, 0.2) is 0 Å². The highest BCUT2D eigenvalue weighted by Crippen LogP contribution is 2.33. The summed E-state index contributed by atoms with van der Waals surface area (Å²) >= 11 is 0. The summed E-state index contributed by atoms with van der Waals surface area (Å²) in [5.41, 5.74) is -0.0176. The molecule has 1 aliphatic heterocycles. The Morgan fingerprint density at radius 2 is 2.04 bits per heavy atom. The van der Waals surface area contributed by atoms with E-state index in [0.29, 0.717) is 18.7 Å². The lowest BCUT2D eigenvalue weighted by atomic mass is 9.82. The van der Waals surface area contributed by atoms with Crippen molar-refractivity contribution in [3.63, 3.8) is 0 Å². The second-order valence-corrected chi connectivity index (χ2v) is 6.18. The SMILES string of the molecule is Cc1cccc(NC(=O)CN2C(=O)NC3(CCCCC3)C2=O)n1. The van der Waals surface area contributed by atoms with Gasteiger partial charge in [-0.2, -0.15) is 0 Å². The van der Waals surface area contributed by atoms with Crippen LogP contribution in [0.4, 0.5) is 10.6 Å². The molecule has 0 radical (unpaired) electrons. The lowest BCUT2D eigenvalue weighted by molar-refractivity contribution is -0.134. The normalized spacial score (nSPS) is 19.8. The molecule has 7 heteroatoms. The van der Waals surface area contributed by atoms with Gasteiger partial charge in [-0.3, -0.25) is 14.5 Å². The third kappa shape index (κ3) is 3.04. The summed E-state index contributed by atoms with van der Waals surface area (Å²) in [6.07, 6.45) is 4.20. The number of imide groups is 1. The lowest BCUT2D eigenvalue weighted by Crippen LogP contribution is -2.48. The molecule has 1 saturated carbocycles. The van der Waals surface area contributed by atoms with Gasteiger partial charge in [0.25, 0.3) is 5.91 Å². The number of aromatic nitrogens is 1. The summed E-state index contributed by atoms with van der Waals surface area (Å²) < 4.78 is 0. The van der Waals surface area contributed by atoms with Gasteiger partial charge < -0.3 is 10.6 Å². The third-order valence-electron chi connectivity index (χ3n) is 4.41. The maximum absolute atomic E-state index is 12.6. The topological polar surface area (TPSA) is 91.4 Å². The highest BCUT2D eigenvalue weighted by Gasteiger charge is 2.51. The lowest BCUT2D eigenvalue weighted by Gasteiger charge is -2.30. The van der Waals surface area contributed by atoms with Crippen LogP contribution in [0.5, 0.6) is 0 Å². The van der Waals surface area contributed by atoms with Gasteiger partial charge in [-0.15, -0.1) is 0 Å². The van der Waals surface area contributed by atoms with E-state index in [1.807, 2.05) is 13.0 Å². The highest BCUT2D eigenvalue weighted by atomic mass is 16.2. The molecule has 4 amide bonds. The van der Waals surface area contributed by atoms with Crippen LogP contribution in [-0.4, -0.2) is 39.8 Å². The Labute approximate surface area is 134 Å². The largest absolute Gasteiger partial charge is 0.325 e. The van der Waals surface area contributed by atoms with Crippen molar-refractivity contribution in [2.45, 2.75) is 44.6 Å². The molecule has 3 rings (SSSR count). The number of urea groups is 1. The Morgan fingerprint density at radius 3 is 2.74 bits per heavy atom. The predicted molar refractivity (Wildman–Crippen MR) is 83.7 cm³/mol. The van der Waals surface area contributed by atoms with E-state index >= 15 is 0 Å². The molecule has 0 atom stereocenters. The molecule has 1 aliphatic carbocycles. The quantitative estimate of drug-likeness (QED) is 0.828. The summed E-state index contributed by atoms with van der Waals surface area (Å²) in [5.74, 6) is -0.302. The molecule has 2 N–H and O–H groups in total. The standard InChI is InChI=1S/C16H20N4O3/c1-11-6-5-7-12(17-11)18-13(21)10-20-14(22)16(19-15(20)23)8-3-2-4-9-16/h5-7H,2-4,8-10H2,1H3,(H,19,23)(H,17,18,21). The van der Waals surface area contributed by atoms with Gasteiger partial charge in [0.2, 0.25) is 5.91 Å². The van der Waals surface area contributed by atoms with Gasteiger partial charge in [-0.1, -0.05) is 25.3 Å². The van der Waals surface area contributed by atoms with E-state index < -0.39 is 17.5 Å². The van der Waals surface area contributed by atoms with Crippen molar-refractivity contribution in [2.24, 2.45) is 0 Å². The fourth-order valence-corrected chi connectivity index (χ4v) is 3.25. The van der Waals surface area contributed by atoms with E-state index in [1.54, 1.807) is 12.1 Å². The molecule has 2 heterocycles. The Kier molecular flexibility index (Phi) is 4.02. The fraction of sp³-hybridized carbons (Fsp3) is 0.500. The Bertz CT molecular complexity index is 652. The third-order valence-corrected chi connectivity index (χ3v) is 4.41. The molecule has 1 saturated heterocycles. The van der Waals surface area contributed by atoms with Crippen LogP contribution in [0.3, 0.4) is 0 Å². The minimum Gasteiger partial charge on any atom is -0.323 e. The minimum atomic E-state index is -0.794. The van der Waals surface area contributed by atoms with Crippen LogP contribution in [0.2, 0.25) is 0 Å². The molecule has 0 bridgehead atoms. The molecule has 1 aromatic heterocycles. The van der Waals surface area contributed by atoms with Crippen molar-refractivity contribution in [3.05, 3.63) is 23.9 Å². The summed E-state index contributed by atoms with van der Waals surface area (Å²) in [6.45, 7) is 1.53. The molecule has 2 fully saturated rings. The molecule has 122 valence electrons. The molecule has 1 spiro atoms. The molecular formula is C16H20N4O3. The van der Waals surface area contributed by atoms with Gasteiger partial charge in [0.05, 0.1) is 0 Å². The van der Waals surface area contributed by atoms with Crippen LogP contribution in [0.15, 0.2) is 18.2 Å². The average molecular weight is 316 g/mol. The van der Waals surface area contributed by atoms with Crippen molar-refractivity contribution in [1.82, 2.24) is 15.2 Å². The Morgan fingerprint density at radius 1 is 1.30 bits per heavy atom.